The number of nitrogens with two attached hydrogens (primary N) is 1. The number of hydrogen-bond acceptors (Lipinski definition) is 15. The van der Waals surface area contributed by atoms with Crippen molar-refractivity contribution in [2.24, 2.45) is 0 Å². The smallest absolute Gasteiger partial charge is 0.416 e. The largest absolute Gasteiger partial charge is 0.475 e. The van der Waals surface area contributed by atoms with Crippen molar-refractivity contribution in [1.29, 1.82) is 0 Å². The maximum absolute atomic E-state index is 13.0. The molecule has 60 heavy (non-hydrogen) atoms. The van der Waals surface area contributed by atoms with Crippen LogP contribution in [0.4, 0.5) is 36.3 Å². The third-order valence-electron chi connectivity index (χ3n) is 9.27. The molecule has 20 heteroatoms. The molecule has 3 fully saturated rings. The van der Waals surface area contributed by atoms with E-state index < -0.39 is 23.3 Å². The van der Waals surface area contributed by atoms with Gasteiger partial charge in [-0.3, -0.25) is 4.79 Å². The van der Waals surface area contributed by atoms with Gasteiger partial charge in [0.15, 0.2) is 17.4 Å². The van der Waals surface area contributed by atoms with Gasteiger partial charge in [-0.2, -0.15) is 13.2 Å². The van der Waals surface area contributed by atoms with Crippen LogP contribution in [0.5, 0.6) is 11.8 Å². The molecule has 3 atom stereocenters. The molecule has 2 bridgehead atoms. The molecule has 0 saturated carbocycles. The van der Waals surface area contributed by atoms with Crippen molar-refractivity contribution < 1.29 is 46.4 Å². The maximum atomic E-state index is 13.0. The third kappa shape index (κ3) is 12.5. The van der Waals surface area contributed by atoms with Crippen molar-refractivity contribution in [3.63, 3.8) is 0 Å². The predicted molar refractivity (Wildman–Crippen MR) is 219 cm³/mol. The number of benzene rings is 1. The van der Waals surface area contributed by atoms with E-state index in [9.17, 15) is 18.0 Å². The van der Waals surface area contributed by atoms with E-state index in [0.717, 1.165) is 43.1 Å². The molecule has 3 saturated heterocycles. The second-order valence-corrected chi connectivity index (χ2v) is 15.0. The van der Waals surface area contributed by atoms with Gasteiger partial charge in [-0.1, -0.05) is 37.6 Å². The van der Waals surface area contributed by atoms with E-state index >= 15 is 0 Å². The molecule has 3 N–H and O–H groups in total. The Morgan fingerprint density at radius 3 is 2.12 bits per heavy atom. The molecule has 4 aromatic rings. The number of carbonyl (C=O) groups is 1. The van der Waals surface area contributed by atoms with Gasteiger partial charge >= 0.3 is 6.18 Å². The molecule has 4 aliphatic heterocycles. The van der Waals surface area contributed by atoms with Crippen LogP contribution in [-0.2, 0) is 29.9 Å². The standard InChI is InChI=1S/C17H15ClF3N3.C11H15N3O4.C10H15N3O3.C2H6/c1-23-12-5-6-24(9-12)14-8-13(18)15(22-16(14)23)10-3-2-4-11(7-10)17(19,20)21;1-11(2)17-5-8(18-11)4-16-10-3-9(14-7-15)12-6-13-10;1-10(2)15-5-7(16-10)4-14-9-3-8(11)12-6-13-9;1-2/h2-4,7-8,12H,5-6,9H2,1H3;3,6-8H,4-5H2,1-2H3,(H,12,13,14,15);3,6-7H,4-5H2,1-2H3,(H2,11,12,13);1-2H3. The normalized spacial score (nSPS) is 20.6. The molecular weight excluding hydrogens is 811 g/mol. The fraction of sp³-hybridized carbons (Fsp3) is 0.500. The minimum absolute atomic E-state index is 0.0776. The number of halogens is 4. The second kappa shape index (κ2) is 20.0. The van der Waals surface area contributed by atoms with Crippen LogP contribution in [0.15, 0.2) is 55.1 Å². The van der Waals surface area contributed by atoms with Crippen molar-refractivity contribution in [2.45, 2.75) is 84.0 Å². The summed E-state index contributed by atoms with van der Waals surface area (Å²) >= 11 is 6.36. The molecule has 0 spiro atoms. The van der Waals surface area contributed by atoms with Crippen LogP contribution in [0.3, 0.4) is 0 Å². The number of ether oxygens (including phenoxy) is 6. The first-order valence-corrected chi connectivity index (χ1v) is 19.7. The van der Waals surface area contributed by atoms with Gasteiger partial charge in [-0.25, -0.2) is 24.9 Å². The Kier molecular flexibility index (Phi) is 15.3. The number of hydrogen-bond donors (Lipinski definition) is 2. The number of fused-ring (bicyclic) bond motifs is 4. The highest BCUT2D eigenvalue weighted by molar-refractivity contribution is 6.33. The number of anilines is 4. The van der Waals surface area contributed by atoms with Crippen molar-refractivity contribution in [2.75, 3.05) is 67.4 Å². The molecule has 0 aliphatic carbocycles. The summed E-state index contributed by atoms with van der Waals surface area (Å²) in [6.45, 7) is 15.1. The van der Waals surface area contributed by atoms with Crippen molar-refractivity contribution in [1.82, 2.24) is 24.9 Å². The molecule has 3 unspecified atom stereocenters. The van der Waals surface area contributed by atoms with Gasteiger partial charge in [0.05, 0.1) is 35.2 Å². The minimum atomic E-state index is -4.39. The van der Waals surface area contributed by atoms with Gasteiger partial charge in [0.2, 0.25) is 18.2 Å². The topological polar surface area (TPSA) is 181 Å². The van der Waals surface area contributed by atoms with Crippen molar-refractivity contribution >= 4 is 41.2 Å². The van der Waals surface area contributed by atoms with Crippen LogP contribution >= 0.6 is 11.6 Å². The number of nitrogens with zero attached hydrogens (tertiary/aromatic N) is 7. The number of amides is 1. The number of likely N-dealkylation sites (N-methyl/N-ethyl adjacent to an activating group) is 1. The summed E-state index contributed by atoms with van der Waals surface area (Å²) in [5.41, 5.74) is 6.51. The number of alkyl halides is 3. The molecule has 3 aromatic heterocycles. The van der Waals surface area contributed by atoms with Gasteiger partial charge in [-0.05, 0) is 52.3 Å². The van der Waals surface area contributed by atoms with Crippen molar-refractivity contribution in [3.05, 3.63) is 65.7 Å². The van der Waals surface area contributed by atoms with Crippen LogP contribution in [-0.4, -0.2) is 108 Å². The second-order valence-electron chi connectivity index (χ2n) is 14.5. The Balaban J connectivity index is 0.000000171. The third-order valence-corrected chi connectivity index (χ3v) is 9.55. The summed E-state index contributed by atoms with van der Waals surface area (Å²) in [4.78, 5) is 34.7. The Hall–Kier alpha value is -5.08. The van der Waals surface area contributed by atoms with Gasteiger partial charge in [0.1, 0.15) is 49.7 Å². The number of carbonyl (C=O) groups excluding carboxylic acids is 1. The Labute approximate surface area is 351 Å². The number of aromatic nitrogens is 5. The molecule has 0 radical (unpaired) electrons. The first-order valence-electron chi connectivity index (χ1n) is 19.3. The van der Waals surface area contributed by atoms with E-state index in [0.29, 0.717) is 78.6 Å². The lowest BCUT2D eigenvalue weighted by atomic mass is 10.1. The highest BCUT2D eigenvalue weighted by atomic mass is 35.5. The van der Waals surface area contributed by atoms with Crippen LogP contribution in [0.25, 0.3) is 11.3 Å². The van der Waals surface area contributed by atoms with Gasteiger partial charge in [-0.15, -0.1) is 0 Å². The zero-order chi connectivity index (χ0) is 43.7. The van der Waals surface area contributed by atoms with Gasteiger partial charge in [0.25, 0.3) is 0 Å². The van der Waals surface area contributed by atoms with Gasteiger partial charge < -0.3 is 49.3 Å². The predicted octanol–water partition coefficient (Wildman–Crippen LogP) is 6.64. The molecule has 8 rings (SSSR count). The zero-order valence-corrected chi connectivity index (χ0v) is 35.3. The van der Waals surface area contributed by atoms with Crippen LogP contribution in [0.2, 0.25) is 5.02 Å². The molecule has 1 amide bonds. The molecule has 4 aliphatic rings. The van der Waals surface area contributed by atoms with E-state index in [1.807, 2.05) is 54.7 Å². The monoisotopic (exact) mass is 861 g/mol. The molecule has 1 aromatic carbocycles. The summed E-state index contributed by atoms with van der Waals surface area (Å²) in [6.07, 6.45) is -0.328. The SMILES string of the molecule is CC.CC1(C)OCC(COc2cc(N)ncn2)O1.CC1(C)OCC(COc2cc(NC=O)ncn2)O1.CN1c2nc(-c3cccc(C(F)(F)F)c3)c(Cl)cc2N2CCC1C2. The summed E-state index contributed by atoms with van der Waals surface area (Å²) in [6, 6.07) is 10.4. The van der Waals surface area contributed by atoms with E-state index in [2.05, 4.69) is 40.0 Å². The minimum Gasteiger partial charge on any atom is -0.475 e. The first kappa shape index (κ1) is 46.0. The number of pyridine rings is 1. The average molecular weight is 862 g/mol. The Bertz CT molecular complexity index is 2050. The summed E-state index contributed by atoms with van der Waals surface area (Å²) in [7, 11) is 1.98. The van der Waals surface area contributed by atoms with E-state index in [1.54, 1.807) is 12.1 Å². The zero-order valence-electron chi connectivity index (χ0n) is 34.5. The van der Waals surface area contributed by atoms with Crippen LogP contribution in [0.1, 0.15) is 53.5 Å². The number of rotatable bonds is 9. The van der Waals surface area contributed by atoms with Crippen LogP contribution in [0, 0.1) is 0 Å². The van der Waals surface area contributed by atoms with Crippen molar-refractivity contribution in [3.8, 4) is 23.0 Å². The van der Waals surface area contributed by atoms with E-state index in [1.165, 1.54) is 24.8 Å². The Morgan fingerprint density at radius 2 is 1.55 bits per heavy atom. The first-order chi connectivity index (χ1) is 28.5. The fourth-order valence-electron chi connectivity index (χ4n) is 6.49. The maximum Gasteiger partial charge on any atom is 0.416 e. The lowest BCUT2D eigenvalue weighted by molar-refractivity contribution is -0.142. The molecular formula is C40H51ClF3N9O7. The highest BCUT2D eigenvalue weighted by Gasteiger charge is 2.37. The highest BCUT2D eigenvalue weighted by Crippen LogP contribution is 2.43. The lowest BCUT2D eigenvalue weighted by Gasteiger charge is -2.35. The van der Waals surface area contributed by atoms with Crippen LogP contribution < -0.4 is 30.3 Å². The van der Waals surface area contributed by atoms with Gasteiger partial charge in [0, 0.05) is 43.9 Å². The molecule has 326 valence electrons. The lowest BCUT2D eigenvalue weighted by Crippen LogP contribution is -2.40. The fourth-order valence-corrected chi connectivity index (χ4v) is 6.75. The molecule has 7 heterocycles. The summed E-state index contributed by atoms with van der Waals surface area (Å²) in [5.74, 6) is 1.28. The number of nitrogens with one attached hydrogen (secondary N) is 1. The quantitative estimate of drug-likeness (QED) is 0.171. The summed E-state index contributed by atoms with van der Waals surface area (Å²) in [5, 5.41) is 2.79. The average Bonchev–Trinajstić information content (AvgIpc) is 3.93. The Morgan fingerprint density at radius 1 is 0.933 bits per heavy atom. The van der Waals surface area contributed by atoms with E-state index in [4.69, 9.17) is 45.8 Å². The van der Waals surface area contributed by atoms with E-state index in [-0.39, 0.29) is 12.2 Å². The number of nitrogen functional groups attached to an aromatic ring is 1. The molecule has 16 nitrogen and oxygen atoms in total. The summed E-state index contributed by atoms with van der Waals surface area (Å²) < 4.78 is 71.8.